The molecule has 0 aromatic rings. The van der Waals surface area contributed by atoms with Crippen molar-refractivity contribution >= 4 is 0 Å². The maximum atomic E-state index is 14.9. The summed E-state index contributed by atoms with van der Waals surface area (Å²) >= 11 is 0. The molecule has 15 fully saturated rings. The SMILES string of the molecule is C[C@H](CC(F)(F)C(C)(C)C)[C@H]1CC[C@H]2[C@@H]3CC=C4C[C@@](C)(O)CC[C@]4(C)[C@H]3CC[C@]12C.C[C@H](CC(F)(F)C(C)(C)C)[C@H]1CC[C@H]2[C@@H]3CC[C@H]4C[C@@](C)(O)CC[C@]4(C)[C@H]3CC[C@]12C.C[C@H](CC(F)(F)[C@@H](C)O)[C@H]1CC[C@H]2[C@@H]3CC[C@H]4C[C@@](C)(O)CC[C@]4(C)[C@H]3CC[C@]12C.C[C@H](CC(F)(F)[C@H](C)O)[C@H]1CC[C@H]2[C@@H]3CC[C@H]4C[C@@](C)(O)CC[C@]4(C)[C@H]3CC[C@]12C. The van der Waals surface area contributed by atoms with Gasteiger partial charge in [0.1, 0.15) is 12.2 Å². The molecule has 0 radical (unpaired) electrons. The molecule has 16 aliphatic carbocycles. The molecule has 0 unspecified atom stereocenters. The topological polar surface area (TPSA) is 121 Å². The van der Waals surface area contributed by atoms with Gasteiger partial charge >= 0.3 is 0 Å². The van der Waals surface area contributed by atoms with Gasteiger partial charge in [0.2, 0.25) is 0 Å². The van der Waals surface area contributed by atoms with Crippen LogP contribution in [0.4, 0.5) is 35.1 Å². The van der Waals surface area contributed by atoms with Crippen LogP contribution in [-0.2, 0) is 0 Å². The fourth-order valence-corrected chi connectivity index (χ4v) is 36.2. The second kappa shape index (κ2) is 33.5. The first-order valence-electron chi connectivity index (χ1n) is 51.3. The van der Waals surface area contributed by atoms with E-state index in [1.54, 1.807) is 41.5 Å². The number of aliphatic hydroxyl groups is 6. The highest BCUT2D eigenvalue weighted by atomic mass is 19.3. The summed E-state index contributed by atoms with van der Waals surface area (Å²) in [6, 6.07) is 0. The zero-order chi connectivity index (χ0) is 90.3. The molecule has 37 atom stereocenters. The van der Waals surface area contributed by atoms with Gasteiger partial charge in [-0.05, 0) is 446 Å². The summed E-state index contributed by atoms with van der Waals surface area (Å²) in [4.78, 5) is 0. The average Bonchev–Trinajstić information content (AvgIpc) is 1.42. The fraction of sp³-hybridized carbons (Fsp3) is 0.981. The normalized spacial score (nSPS) is 49.4. The van der Waals surface area contributed by atoms with Crippen LogP contribution in [0.5, 0.6) is 0 Å². The van der Waals surface area contributed by atoms with Gasteiger partial charge < -0.3 is 30.6 Å². The summed E-state index contributed by atoms with van der Waals surface area (Å²) in [5.41, 5.74) is -0.401. The van der Waals surface area contributed by atoms with E-state index in [9.17, 15) is 65.8 Å². The van der Waals surface area contributed by atoms with Gasteiger partial charge in [-0.15, -0.1) is 0 Å². The maximum Gasteiger partial charge on any atom is 0.273 e. The van der Waals surface area contributed by atoms with Crippen molar-refractivity contribution in [1.29, 1.82) is 0 Å². The van der Waals surface area contributed by atoms with Gasteiger partial charge in [0, 0.05) is 36.5 Å². The quantitative estimate of drug-likeness (QED) is 0.0761. The summed E-state index contributed by atoms with van der Waals surface area (Å²) in [6.45, 7) is 48.6. The maximum absolute atomic E-state index is 14.9. The fourth-order valence-electron chi connectivity index (χ4n) is 36.2. The Balaban J connectivity index is 0.000000140. The lowest BCUT2D eigenvalue weighted by atomic mass is 9.43. The van der Waals surface area contributed by atoms with Crippen LogP contribution in [0.1, 0.15) is 417 Å². The van der Waals surface area contributed by atoms with Crippen LogP contribution in [0.2, 0.25) is 0 Å². The van der Waals surface area contributed by atoms with Gasteiger partial charge in [-0.25, -0.2) is 35.1 Å². The molecule has 122 heavy (non-hydrogen) atoms. The van der Waals surface area contributed by atoms with Crippen molar-refractivity contribution in [2.75, 3.05) is 0 Å². The standard InChI is InChI=1S/C28H48F2O.C28H46F2O.2C26H44F2O2/c2*1-18(16-28(29,30)24(2,3)4)21-10-11-22-20-9-8-19-17-25(5,31)14-15-26(19,6)23(20)12-13-27(21,22)7;2*1-16(14-26(27,28)17(2)29)20-8-9-21-19-7-6-18-15-23(3,30)12-13-24(18,4)22(19)10-11-25(20,21)5/h18-23,31H,8-17H2,1-7H3;8,18,20-23,31H,9-17H2,1-7H3;2*16-22,29-30H,6-15H2,1-5H3/t18-,19+,20+,21-,22+,23+,25+,26+,27-;18-,20+,21-,22+,23+,25+,26+,27-;16-,17+,18+,19+,20-,21+,22+,23+,24+,25-;16-,17-,18+,19+,20-,21+,22+,23+,24+,25-/m1111/s1. The van der Waals surface area contributed by atoms with E-state index in [0.717, 1.165) is 158 Å². The number of fused-ring (bicyclic) bond motifs is 20. The van der Waals surface area contributed by atoms with Crippen molar-refractivity contribution in [3.8, 4) is 0 Å². The second-order valence-electron chi connectivity index (χ2n) is 53.4. The Morgan fingerprint density at radius 1 is 0.303 bits per heavy atom. The molecule has 6 N–H and O–H groups in total. The van der Waals surface area contributed by atoms with Crippen LogP contribution in [0.25, 0.3) is 0 Å². The minimum atomic E-state index is -2.99. The predicted molar refractivity (Wildman–Crippen MR) is 481 cm³/mol. The highest BCUT2D eigenvalue weighted by Gasteiger charge is 2.68. The third-order valence-electron chi connectivity index (χ3n) is 44.0. The number of alkyl halides is 8. The second-order valence-corrected chi connectivity index (χ2v) is 53.4. The summed E-state index contributed by atoms with van der Waals surface area (Å²) in [5, 5.41) is 61.7. The number of hydrogen-bond donors (Lipinski definition) is 6. The van der Waals surface area contributed by atoms with Gasteiger partial charge in [0.15, 0.2) is 0 Å². The van der Waals surface area contributed by atoms with Crippen molar-refractivity contribution in [1.82, 2.24) is 0 Å². The number of rotatable bonds is 14. The molecule has 0 amide bonds. The molecule has 0 aliphatic heterocycles. The van der Waals surface area contributed by atoms with Crippen LogP contribution >= 0.6 is 0 Å². The molecule has 0 aromatic carbocycles. The Kier molecular flexibility index (Phi) is 27.1. The van der Waals surface area contributed by atoms with Crippen molar-refractivity contribution in [3.63, 3.8) is 0 Å². The Labute approximate surface area is 738 Å². The van der Waals surface area contributed by atoms with Crippen LogP contribution < -0.4 is 0 Å². The van der Waals surface area contributed by atoms with E-state index in [1.807, 2.05) is 41.5 Å². The lowest BCUT2D eigenvalue weighted by Gasteiger charge is -2.62. The summed E-state index contributed by atoms with van der Waals surface area (Å²) < 4.78 is 117. The van der Waals surface area contributed by atoms with E-state index in [0.29, 0.717) is 93.2 Å². The minimum Gasteiger partial charge on any atom is -0.390 e. The van der Waals surface area contributed by atoms with Crippen molar-refractivity contribution in [2.24, 2.45) is 190 Å². The molecule has 6 nitrogen and oxygen atoms in total. The molecule has 0 saturated heterocycles. The number of allylic oxidation sites excluding steroid dienone is 1. The lowest BCUT2D eigenvalue weighted by molar-refractivity contribution is -0.152. The van der Waals surface area contributed by atoms with Gasteiger partial charge in [-0.1, -0.05) is 136 Å². The third kappa shape index (κ3) is 17.8. The molecule has 16 rings (SSSR count). The Hall–Kier alpha value is -1.06. The third-order valence-corrected chi connectivity index (χ3v) is 44.0. The molecule has 14 heteroatoms. The highest BCUT2D eigenvalue weighted by Crippen LogP contribution is 2.75. The minimum absolute atomic E-state index is 0.0222. The first-order chi connectivity index (χ1) is 55.8. The van der Waals surface area contributed by atoms with E-state index in [4.69, 9.17) is 0 Å². The Morgan fingerprint density at radius 2 is 0.566 bits per heavy atom. The first-order valence-corrected chi connectivity index (χ1v) is 51.3. The molecule has 0 heterocycles. The van der Waals surface area contributed by atoms with Gasteiger partial charge in [0.05, 0.1) is 22.4 Å². The number of halogens is 8. The zero-order valence-corrected chi connectivity index (χ0v) is 81.8. The van der Waals surface area contributed by atoms with Crippen LogP contribution in [0.3, 0.4) is 0 Å². The average molecular weight is 1730 g/mol. The smallest absolute Gasteiger partial charge is 0.273 e. The first kappa shape index (κ1) is 98.4. The highest BCUT2D eigenvalue weighted by molar-refractivity contribution is 5.27. The lowest BCUT2D eigenvalue weighted by Crippen LogP contribution is -2.55. The van der Waals surface area contributed by atoms with Gasteiger partial charge in [0.25, 0.3) is 23.7 Å². The zero-order valence-electron chi connectivity index (χ0n) is 81.8. The van der Waals surface area contributed by atoms with E-state index in [1.165, 1.54) is 122 Å². The van der Waals surface area contributed by atoms with E-state index in [2.05, 4.69) is 75.3 Å². The molecular formula is C108H182F8O6. The van der Waals surface area contributed by atoms with Crippen LogP contribution in [0, 0.1) is 190 Å². The molecule has 706 valence electrons. The summed E-state index contributed by atoms with van der Waals surface area (Å²) in [6.07, 6.45) is 38.4. The largest absolute Gasteiger partial charge is 0.390 e. The monoisotopic (exact) mass is 1730 g/mol. The summed E-state index contributed by atoms with van der Waals surface area (Å²) in [5.74, 6) is 0.805. The van der Waals surface area contributed by atoms with Crippen LogP contribution in [-0.4, -0.2) is 88.9 Å². The van der Waals surface area contributed by atoms with Crippen molar-refractivity contribution < 1.29 is 65.8 Å². The number of hydrogen-bond acceptors (Lipinski definition) is 6. The van der Waals surface area contributed by atoms with Crippen molar-refractivity contribution in [3.05, 3.63) is 11.6 Å². The van der Waals surface area contributed by atoms with E-state index < -0.39 is 69.1 Å². The van der Waals surface area contributed by atoms with Crippen LogP contribution in [0.15, 0.2) is 11.6 Å². The van der Waals surface area contributed by atoms with Gasteiger partial charge in [-0.3, -0.25) is 0 Å². The van der Waals surface area contributed by atoms with E-state index in [-0.39, 0.29) is 76.4 Å². The molecule has 0 spiro atoms. The molecule has 0 aromatic heterocycles. The molecular weight excluding hydrogens is 1550 g/mol. The van der Waals surface area contributed by atoms with Gasteiger partial charge in [-0.2, -0.15) is 0 Å². The molecule has 16 aliphatic rings. The van der Waals surface area contributed by atoms with E-state index >= 15 is 0 Å². The number of aliphatic hydroxyl groups excluding tert-OH is 2. The summed E-state index contributed by atoms with van der Waals surface area (Å²) in [7, 11) is 0. The van der Waals surface area contributed by atoms with Crippen molar-refractivity contribution in [2.45, 2.75) is 475 Å². The molecule has 0 bridgehead atoms. The Bertz CT molecular complexity index is 3510. The molecule has 15 saturated carbocycles. The predicted octanol–water partition coefficient (Wildman–Crippen LogP) is 29.0. The Morgan fingerprint density at radius 3 is 0.852 bits per heavy atom.